The lowest BCUT2D eigenvalue weighted by molar-refractivity contribution is -0.140. The fourth-order valence-corrected chi connectivity index (χ4v) is 1.94. The van der Waals surface area contributed by atoms with Crippen LogP contribution in [0.3, 0.4) is 0 Å². The normalized spacial score (nSPS) is 9.96. The first-order chi connectivity index (χ1) is 11.2. The lowest BCUT2D eigenvalue weighted by Crippen LogP contribution is -2.24. The standard InChI is InChI=1S/C18H19NO4/c1-22-17(20)8-5-13-19-18(21)14-9-11-16(12-10-14)23-15-6-3-2-4-7-15/h2-4,6-7,9-12H,5,8,13H2,1H3,(H,19,21). The van der Waals surface area contributed by atoms with Gasteiger partial charge in [0.15, 0.2) is 0 Å². The van der Waals surface area contributed by atoms with Gasteiger partial charge >= 0.3 is 5.97 Å². The van der Waals surface area contributed by atoms with Crippen molar-refractivity contribution >= 4 is 11.9 Å². The molecule has 0 bridgehead atoms. The number of amides is 1. The van der Waals surface area contributed by atoms with E-state index in [1.54, 1.807) is 24.3 Å². The Morgan fingerprint density at radius 2 is 1.61 bits per heavy atom. The average molecular weight is 313 g/mol. The molecular formula is C18H19NO4. The van der Waals surface area contributed by atoms with Crippen molar-refractivity contribution in [3.8, 4) is 11.5 Å². The second-order valence-corrected chi connectivity index (χ2v) is 4.88. The molecule has 0 aromatic heterocycles. The third-order valence-electron chi connectivity index (χ3n) is 3.17. The minimum absolute atomic E-state index is 0.180. The van der Waals surface area contributed by atoms with Gasteiger partial charge in [-0.1, -0.05) is 18.2 Å². The smallest absolute Gasteiger partial charge is 0.305 e. The molecule has 0 fully saturated rings. The number of hydrogen-bond donors (Lipinski definition) is 1. The molecule has 0 atom stereocenters. The highest BCUT2D eigenvalue weighted by Crippen LogP contribution is 2.21. The van der Waals surface area contributed by atoms with Gasteiger partial charge in [0.2, 0.25) is 0 Å². The zero-order chi connectivity index (χ0) is 16.5. The van der Waals surface area contributed by atoms with Crippen LogP contribution in [0, 0.1) is 0 Å². The summed E-state index contributed by atoms with van der Waals surface area (Å²) < 4.78 is 10.2. The number of carbonyl (C=O) groups excluding carboxylic acids is 2. The molecule has 2 aromatic carbocycles. The van der Waals surface area contributed by atoms with Crippen molar-refractivity contribution in [2.75, 3.05) is 13.7 Å². The molecule has 0 radical (unpaired) electrons. The van der Waals surface area contributed by atoms with E-state index in [2.05, 4.69) is 10.1 Å². The molecule has 1 N–H and O–H groups in total. The number of hydrogen-bond acceptors (Lipinski definition) is 4. The van der Waals surface area contributed by atoms with Crippen LogP contribution in [0.5, 0.6) is 11.5 Å². The summed E-state index contributed by atoms with van der Waals surface area (Å²) >= 11 is 0. The van der Waals surface area contributed by atoms with Crippen LogP contribution in [-0.4, -0.2) is 25.5 Å². The lowest BCUT2D eigenvalue weighted by Gasteiger charge is -2.07. The topological polar surface area (TPSA) is 64.6 Å². The molecule has 5 heteroatoms. The van der Waals surface area contributed by atoms with Gasteiger partial charge in [-0.3, -0.25) is 9.59 Å². The summed E-state index contributed by atoms with van der Waals surface area (Å²) in [4.78, 5) is 22.9. The predicted molar refractivity (Wildman–Crippen MR) is 86.5 cm³/mol. The fraction of sp³-hybridized carbons (Fsp3) is 0.222. The quantitative estimate of drug-likeness (QED) is 0.630. The van der Waals surface area contributed by atoms with Crippen LogP contribution in [0.25, 0.3) is 0 Å². The van der Waals surface area contributed by atoms with E-state index in [0.29, 0.717) is 30.7 Å². The van der Waals surface area contributed by atoms with Crippen LogP contribution < -0.4 is 10.1 Å². The number of nitrogens with one attached hydrogen (secondary N) is 1. The van der Waals surface area contributed by atoms with E-state index in [0.717, 1.165) is 5.75 Å². The second-order valence-electron chi connectivity index (χ2n) is 4.88. The number of rotatable bonds is 7. The Labute approximate surface area is 135 Å². The number of para-hydroxylation sites is 1. The average Bonchev–Trinajstić information content (AvgIpc) is 2.60. The van der Waals surface area contributed by atoms with Gasteiger partial charge in [-0.05, 0) is 42.8 Å². The number of ether oxygens (including phenoxy) is 2. The Balaban J connectivity index is 1.82. The Morgan fingerprint density at radius 3 is 2.26 bits per heavy atom. The summed E-state index contributed by atoms with van der Waals surface area (Å²) in [6.07, 6.45) is 0.842. The summed E-state index contributed by atoms with van der Waals surface area (Å²) in [5, 5.41) is 2.76. The second kappa shape index (κ2) is 8.58. The van der Waals surface area contributed by atoms with Gasteiger partial charge in [0.25, 0.3) is 5.91 Å². The van der Waals surface area contributed by atoms with Crippen molar-refractivity contribution < 1.29 is 19.1 Å². The molecule has 2 rings (SSSR count). The van der Waals surface area contributed by atoms with Crippen LogP contribution in [-0.2, 0) is 9.53 Å². The summed E-state index contributed by atoms with van der Waals surface area (Å²) in [6, 6.07) is 16.3. The number of methoxy groups -OCH3 is 1. The maximum atomic E-state index is 12.0. The molecule has 0 aliphatic rings. The largest absolute Gasteiger partial charge is 0.469 e. The fourth-order valence-electron chi connectivity index (χ4n) is 1.94. The van der Waals surface area contributed by atoms with Gasteiger partial charge in [0, 0.05) is 18.5 Å². The zero-order valence-electron chi connectivity index (χ0n) is 13.0. The summed E-state index contributed by atoms with van der Waals surface area (Å²) in [6.45, 7) is 0.427. The van der Waals surface area contributed by atoms with Gasteiger partial charge in [0.1, 0.15) is 11.5 Å². The first kappa shape index (κ1) is 16.5. The summed E-state index contributed by atoms with van der Waals surface area (Å²) in [5.41, 5.74) is 0.545. The molecule has 0 aliphatic heterocycles. The van der Waals surface area contributed by atoms with E-state index in [-0.39, 0.29) is 11.9 Å². The van der Waals surface area contributed by atoms with Crippen molar-refractivity contribution in [2.45, 2.75) is 12.8 Å². The minimum atomic E-state index is -0.276. The molecule has 0 saturated carbocycles. The van der Waals surface area contributed by atoms with Crippen molar-refractivity contribution in [3.63, 3.8) is 0 Å². The van der Waals surface area contributed by atoms with Crippen molar-refractivity contribution in [2.24, 2.45) is 0 Å². The third-order valence-corrected chi connectivity index (χ3v) is 3.17. The van der Waals surface area contributed by atoms with E-state index >= 15 is 0 Å². The van der Waals surface area contributed by atoms with E-state index in [4.69, 9.17) is 4.74 Å². The Hall–Kier alpha value is -2.82. The van der Waals surface area contributed by atoms with Crippen LogP contribution in [0.2, 0.25) is 0 Å². The molecule has 5 nitrogen and oxygen atoms in total. The third kappa shape index (κ3) is 5.47. The molecule has 0 saturated heterocycles. The molecule has 120 valence electrons. The van der Waals surface area contributed by atoms with Gasteiger partial charge in [-0.25, -0.2) is 0 Å². The van der Waals surface area contributed by atoms with E-state index < -0.39 is 0 Å². The van der Waals surface area contributed by atoms with Crippen molar-refractivity contribution in [3.05, 3.63) is 60.2 Å². The summed E-state index contributed by atoms with van der Waals surface area (Å²) in [5.74, 6) is 0.953. The van der Waals surface area contributed by atoms with Gasteiger partial charge in [-0.2, -0.15) is 0 Å². The molecule has 0 spiro atoms. The molecule has 0 aliphatic carbocycles. The van der Waals surface area contributed by atoms with Gasteiger partial charge in [0.05, 0.1) is 7.11 Å². The molecule has 1 amide bonds. The highest BCUT2D eigenvalue weighted by Gasteiger charge is 2.06. The molecule has 0 unspecified atom stereocenters. The lowest BCUT2D eigenvalue weighted by atomic mass is 10.2. The minimum Gasteiger partial charge on any atom is -0.469 e. The number of esters is 1. The van der Waals surface area contributed by atoms with Gasteiger partial charge in [-0.15, -0.1) is 0 Å². The zero-order valence-corrected chi connectivity index (χ0v) is 13.0. The van der Waals surface area contributed by atoms with Crippen LogP contribution in [0.1, 0.15) is 23.2 Å². The number of benzene rings is 2. The molecule has 2 aromatic rings. The number of carbonyl (C=O) groups is 2. The Morgan fingerprint density at radius 1 is 0.957 bits per heavy atom. The van der Waals surface area contributed by atoms with Crippen molar-refractivity contribution in [1.29, 1.82) is 0 Å². The predicted octanol–water partition coefficient (Wildman–Crippen LogP) is 3.16. The monoisotopic (exact) mass is 313 g/mol. The first-order valence-corrected chi connectivity index (χ1v) is 7.37. The Bertz CT molecular complexity index is 638. The Kier molecular flexibility index (Phi) is 6.17. The molecule has 0 heterocycles. The summed E-state index contributed by atoms with van der Waals surface area (Å²) in [7, 11) is 1.35. The maximum Gasteiger partial charge on any atom is 0.305 e. The van der Waals surface area contributed by atoms with Gasteiger partial charge < -0.3 is 14.8 Å². The van der Waals surface area contributed by atoms with Crippen molar-refractivity contribution in [1.82, 2.24) is 5.32 Å². The molecular weight excluding hydrogens is 294 g/mol. The van der Waals surface area contributed by atoms with Crippen LogP contribution in [0.4, 0.5) is 0 Å². The van der Waals surface area contributed by atoms with E-state index in [1.165, 1.54) is 7.11 Å². The first-order valence-electron chi connectivity index (χ1n) is 7.37. The SMILES string of the molecule is COC(=O)CCCNC(=O)c1ccc(Oc2ccccc2)cc1. The van der Waals surface area contributed by atoms with Crippen LogP contribution in [0.15, 0.2) is 54.6 Å². The highest BCUT2D eigenvalue weighted by atomic mass is 16.5. The molecule has 23 heavy (non-hydrogen) atoms. The maximum absolute atomic E-state index is 12.0. The highest BCUT2D eigenvalue weighted by molar-refractivity contribution is 5.94. The van der Waals surface area contributed by atoms with E-state index in [9.17, 15) is 9.59 Å². The van der Waals surface area contributed by atoms with E-state index in [1.807, 2.05) is 30.3 Å². The van der Waals surface area contributed by atoms with Crippen LogP contribution >= 0.6 is 0 Å².